The molecule has 2 rings (SSSR count). The van der Waals surface area contributed by atoms with Crippen molar-refractivity contribution in [2.45, 2.75) is 26.9 Å². The van der Waals surface area contributed by atoms with Gasteiger partial charge in [0.2, 0.25) is 5.78 Å². The van der Waals surface area contributed by atoms with E-state index in [9.17, 15) is 4.79 Å². The minimum Gasteiger partial charge on any atom is -0.489 e. The highest BCUT2D eigenvalue weighted by Gasteiger charge is 2.16. The molecule has 1 aromatic carbocycles. The van der Waals surface area contributed by atoms with Crippen molar-refractivity contribution in [3.05, 3.63) is 30.0 Å². The maximum Gasteiger partial charge on any atom is 0.200 e. The van der Waals surface area contributed by atoms with Gasteiger partial charge in [-0.05, 0) is 48.6 Å². The van der Waals surface area contributed by atoms with Gasteiger partial charge in [0.05, 0.1) is 0 Å². The number of nitrogens with one attached hydrogen (secondary N) is 1. The lowest BCUT2D eigenvalue weighted by atomic mass is 10.1. The summed E-state index contributed by atoms with van der Waals surface area (Å²) in [6.45, 7) is 6.41. The highest BCUT2D eigenvalue weighted by Crippen LogP contribution is 2.26. The Bertz CT molecular complexity index is 694. The van der Waals surface area contributed by atoms with Crippen molar-refractivity contribution in [3.8, 4) is 5.75 Å². The largest absolute Gasteiger partial charge is 0.489 e. The first-order valence-electron chi connectivity index (χ1n) is 7.18. The van der Waals surface area contributed by atoms with Crippen LogP contribution in [0.2, 0.25) is 0 Å². The van der Waals surface area contributed by atoms with Gasteiger partial charge in [-0.25, -0.2) is 0 Å². The number of hydrogen-bond acceptors (Lipinski definition) is 4. The van der Waals surface area contributed by atoms with Crippen molar-refractivity contribution in [2.75, 3.05) is 12.8 Å². The molecule has 0 aliphatic carbocycles. The topological polar surface area (TPSA) is 51.5 Å². The molecule has 1 heterocycles. The van der Waals surface area contributed by atoms with Gasteiger partial charge in [0.15, 0.2) is 5.76 Å². The van der Waals surface area contributed by atoms with Gasteiger partial charge in [0, 0.05) is 17.8 Å². The monoisotopic (exact) mass is 339 g/mol. The Morgan fingerprint density at radius 1 is 1.36 bits per heavy atom. The second kappa shape index (κ2) is 7.35. The van der Waals surface area contributed by atoms with Gasteiger partial charge in [0.1, 0.15) is 17.4 Å². The van der Waals surface area contributed by atoms with Crippen LogP contribution in [0.3, 0.4) is 0 Å². The molecule has 0 fully saturated rings. The third-order valence-electron chi connectivity index (χ3n) is 3.17. The molecule has 0 saturated carbocycles. The molecule has 4 nitrogen and oxygen atoms in total. The van der Waals surface area contributed by atoms with Crippen molar-refractivity contribution in [3.63, 3.8) is 0 Å². The molecule has 2 atom stereocenters. The average molecular weight is 339 g/mol. The van der Waals surface area contributed by atoms with E-state index in [0.29, 0.717) is 17.9 Å². The van der Waals surface area contributed by atoms with Crippen LogP contribution in [-0.4, -0.2) is 24.7 Å². The summed E-state index contributed by atoms with van der Waals surface area (Å²) < 4.78 is 14.6. The van der Waals surface area contributed by atoms with E-state index in [2.05, 4.69) is 4.72 Å². The van der Waals surface area contributed by atoms with Crippen LogP contribution in [0.5, 0.6) is 5.75 Å². The zero-order valence-electron chi connectivity index (χ0n) is 13.2. The normalized spacial score (nSPS) is 14.2. The fourth-order valence-corrected chi connectivity index (χ4v) is 2.68. The van der Waals surface area contributed by atoms with E-state index in [0.717, 1.165) is 11.1 Å². The molecular formula is C16H21NO3S2. The average Bonchev–Trinajstić information content (AvgIpc) is 2.87. The van der Waals surface area contributed by atoms with E-state index in [1.54, 1.807) is 6.07 Å². The molecule has 1 unspecified atom stereocenters. The van der Waals surface area contributed by atoms with E-state index in [4.69, 9.17) is 20.3 Å². The lowest BCUT2D eigenvalue weighted by Gasteiger charge is -2.15. The van der Waals surface area contributed by atoms with Crippen LogP contribution in [0.1, 0.15) is 31.3 Å². The summed E-state index contributed by atoms with van der Waals surface area (Å²) in [6, 6.07) is 7.36. The molecule has 0 saturated heterocycles. The summed E-state index contributed by atoms with van der Waals surface area (Å²) in [4.78, 5) is 12.0. The number of rotatable bonds is 7. The molecule has 1 N–H and O–H groups in total. The summed E-state index contributed by atoms with van der Waals surface area (Å²) in [5.74, 6) is 1.09. The van der Waals surface area contributed by atoms with E-state index < -0.39 is 0 Å². The fourth-order valence-electron chi connectivity index (χ4n) is 2.01. The zero-order chi connectivity index (χ0) is 16.3. The Kier molecular flexibility index (Phi) is 5.72. The van der Waals surface area contributed by atoms with Crippen LogP contribution in [0.4, 0.5) is 0 Å². The Hall–Kier alpha value is -1.24. The van der Waals surface area contributed by atoms with Gasteiger partial charge in [-0.15, -0.1) is 0 Å². The first-order valence-corrected chi connectivity index (χ1v) is 9.74. The third-order valence-corrected chi connectivity index (χ3v) is 4.09. The number of ether oxygens (including phenoxy) is 1. The lowest BCUT2D eigenvalue weighted by Crippen LogP contribution is -2.29. The van der Waals surface area contributed by atoms with Gasteiger partial charge >= 0.3 is 0 Å². The molecule has 120 valence electrons. The molecule has 0 bridgehead atoms. The van der Waals surface area contributed by atoms with Crippen LogP contribution in [0.25, 0.3) is 11.0 Å². The van der Waals surface area contributed by atoms with E-state index in [-0.39, 0.29) is 27.4 Å². The quantitative estimate of drug-likeness (QED) is 0.785. The maximum atomic E-state index is 12.0. The first kappa shape index (κ1) is 17.1. The van der Waals surface area contributed by atoms with Gasteiger partial charge in [-0.1, -0.05) is 23.5 Å². The van der Waals surface area contributed by atoms with Crippen LogP contribution < -0.4 is 9.46 Å². The van der Waals surface area contributed by atoms with Crippen molar-refractivity contribution in [2.24, 2.45) is 5.92 Å². The highest BCUT2D eigenvalue weighted by atomic mass is 32.8. The van der Waals surface area contributed by atoms with Gasteiger partial charge < -0.3 is 9.15 Å². The summed E-state index contributed by atoms with van der Waals surface area (Å²) in [7, 11) is -0.222. The minimum atomic E-state index is -0.222. The second-order valence-electron chi connectivity index (χ2n) is 5.56. The van der Waals surface area contributed by atoms with E-state index in [1.165, 1.54) is 0 Å². The van der Waals surface area contributed by atoms with Crippen LogP contribution in [0.15, 0.2) is 28.7 Å². The van der Waals surface area contributed by atoms with Gasteiger partial charge in [0.25, 0.3) is 0 Å². The molecule has 6 heteroatoms. The predicted octanol–water partition coefficient (Wildman–Crippen LogP) is 3.25. The molecule has 1 aromatic heterocycles. The Balaban J connectivity index is 2.13. The number of carbonyl (C=O) groups is 1. The Labute approximate surface area is 137 Å². The number of Topliss-reactive ketones (excluding diaryl/α,β-unsaturated/α-hetero) is 1. The molecule has 0 amide bonds. The van der Waals surface area contributed by atoms with Gasteiger partial charge in [-0.3, -0.25) is 9.52 Å². The predicted molar refractivity (Wildman–Crippen MR) is 94.1 cm³/mol. The zero-order valence-corrected chi connectivity index (χ0v) is 14.8. The summed E-state index contributed by atoms with van der Waals surface area (Å²) in [5, 5.41) is 0.875. The molecule has 0 spiro atoms. The fraction of sp³-hybridized carbons (Fsp3) is 0.438. The van der Waals surface area contributed by atoms with E-state index >= 15 is 0 Å². The second-order valence-corrected chi connectivity index (χ2v) is 8.26. The number of ketones is 1. The van der Waals surface area contributed by atoms with Crippen molar-refractivity contribution < 1.29 is 13.9 Å². The van der Waals surface area contributed by atoms with Gasteiger partial charge in [-0.2, -0.15) is 0 Å². The molecule has 0 aliphatic rings. The number of hydrogen-bond donors (Lipinski definition) is 1. The standard InChI is InChI=1S/C16H21NO3S2/c1-10(2)16(18)15-8-12-7-13(5-6-14(12)20-15)19-11(3)9-17-22(4)21/h5-8,10-11,17H,9H2,1-4H3/t11-,22?/m1/s1. The molecule has 2 aromatic rings. The van der Waals surface area contributed by atoms with Crippen molar-refractivity contribution >= 4 is 37.6 Å². The van der Waals surface area contributed by atoms with Crippen LogP contribution in [0, 0.1) is 5.92 Å². The highest BCUT2D eigenvalue weighted by molar-refractivity contribution is 8.27. The SMILES string of the molecule is CC(C)C(=O)c1cc2cc(O[C@H](C)CNS(C)=S)ccc2o1. The Morgan fingerprint density at radius 3 is 2.73 bits per heavy atom. The first-order chi connectivity index (χ1) is 10.4. The minimum absolute atomic E-state index is 0.0108. The molecule has 0 radical (unpaired) electrons. The molecular weight excluding hydrogens is 318 g/mol. The number of fused-ring (bicyclic) bond motifs is 1. The number of furan rings is 1. The smallest absolute Gasteiger partial charge is 0.200 e. The third kappa shape index (κ3) is 4.38. The summed E-state index contributed by atoms with van der Waals surface area (Å²) in [6.07, 6.45) is 1.96. The van der Waals surface area contributed by atoms with Crippen LogP contribution in [-0.2, 0) is 20.8 Å². The van der Waals surface area contributed by atoms with Crippen molar-refractivity contribution in [1.82, 2.24) is 4.72 Å². The van der Waals surface area contributed by atoms with Crippen molar-refractivity contribution in [1.29, 1.82) is 0 Å². The lowest BCUT2D eigenvalue weighted by molar-refractivity contribution is 0.0913. The molecule has 22 heavy (non-hydrogen) atoms. The number of carbonyl (C=O) groups excluding carboxylic acids is 1. The maximum absolute atomic E-state index is 12.0. The number of benzene rings is 1. The van der Waals surface area contributed by atoms with Crippen LogP contribution >= 0.6 is 0 Å². The summed E-state index contributed by atoms with van der Waals surface area (Å²) >= 11 is 5.09. The molecule has 0 aliphatic heterocycles. The van der Waals surface area contributed by atoms with E-state index in [1.807, 2.05) is 45.2 Å². The summed E-state index contributed by atoms with van der Waals surface area (Å²) in [5.41, 5.74) is 0.697. The Morgan fingerprint density at radius 2 is 2.09 bits per heavy atom.